The van der Waals surface area contributed by atoms with Crippen LogP contribution >= 0.6 is 0 Å². The molecule has 0 aliphatic carbocycles. The van der Waals surface area contributed by atoms with Gasteiger partial charge in [-0.1, -0.05) is 0 Å². The van der Waals surface area contributed by atoms with Crippen molar-refractivity contribution < 1.29 is 14.3 Å². The Bertz CT molecular complexity index is 272. The van der Waals surface area contributed by atoms with E-state index in [0.29, 0.717) is 4.12 Å². The number of epoxide rings is 1. The molecule has 0 bridgehead atoms. The molecule has 118 valence electrons. The third kappa shape index (κ3) is 4.90. The van der Waals surface area contributed by atoms with Gasteiger partial charge >= 0.3 is 129 Å². The topological polar surface area (TPSA) is 38.8 Å². The van der Waals surface area contributed by atoms with E-state index in [4.69, 9.17) is 9.47 Å². The zero-order valence-corrected chi connectivity index (χ0v) is 16.6. The third-order valence-electron chi connectivity index (χ3n) is 4.61. The zero-order chi connectivity index (χ0) is 15.0. The molecule has 1 fully saturated rings. The van der Waals surface area contributed by atoms with E-state index >= 15 is 0 Å². The molecule has 1 aliphatic heterocycles. The Balaban J connectivity index is 2.76. The average Bonchev–Trinajstić information content (AvgIpc) is 3.27. The second-order valence-electron chi connectivity index (χ2n) is 6.17. The van der Waals surface area contributed by atoms with Gasteiger partial charge in [-0.2, -0.15) is 0 Å². The summed E-state index contributed by atoms with van der Waals surface area (Å²) in [6, 6.07) is 0. The van der Waals surface area contributed by atoms with Crippen molar-refractivity contribution in [1.82, 2.24) is 0 Å². The molecule has 1 heterocycles. The summed E-state index contributed by atoms with van der Waals surface area (Å²) >= 11 is -2.35. The van der Waals surface area contributed by atoms with Crippen molar-refractivity contribution in [3.63, 3.8) is 0 Å². The first-order valence-electron chi connectivity index (χ1n) is 8.38. The number of rotatable bonds is 11. The maximum atomic E-state index is 11.7. The first-order chi connectivity index (χ1) is 9.65. The SMILES string of the molecule is CCC[CH2][Sn]([CH2]CCC)([CH2]CCC)[C@H]1O[C@@H]1C(=O)OC. The van der Waals surface area contributed by atoms with E-state index in [2.05, 4.69) is 20.8 Å². The van der Waals surface area contributed by atoms with Gasteiger partial charge in [-0.15, -0.1) is 0 Å². The first kappa shape index (κ1) is 18.3. The Kier molecular flexibility index (Phi) is 8.49. The molecule has 20 heavy (non-hydrogen) atoms. The molecule has 0 aromatic heterocycles. The van der Waals surface area contributed by atoms with Crippen molar-refractivity contribution in [3.05, 3.63) is 0 Å². The number of hydrogen-bond acceptors (Lipinski definition) is 3. The fraction of sp³-hybridized carbons (Fsp3) is 0.938. The number of esters is 1. The molecule has 0 N–H and O–H groups in total. The Morgan fingerprint density at radius 3 is 1.80 bits per heavy atom. The summed E-state index contributed by atoms with van der Waals surface area (Å²) in [5.41, 5.74) is 0. The number of carbonyl (C=O) groups excluding carboxylic acids is 1. The molecule has 0 aromatic rings. The Hall–Kier alpha value is 0.229. The second kappa shape index (κ2) is 9.29. The van der Waals surface area contributed by atoms with Gasteiger partial charge in [-0.05, 0) is 0 Å². The average molecular weight is 391 g/mol. The fourth-order valence-electron chi connectivity index (χ4n) is 3.26. The third-order valence-corrected chi connectivity index (χ3v) is 20.9. The van der Waals surface area contributed by atoms with Crippen molar-refractivity contribution >= 4 is 24.3 Å². The number of unbranched alkanes of at least 4 members (excludes halogenated alkanes) is 3. The van der Waals surface area contributed by atoms with E-state index in [1.54, 1.807) is 0 Å². The zero-order valence-electron chi connectivity index (χ0n) is 13.7. The van der Waals surface area contributed by atoms with Gasteiger partial charge in [0.05, 0.1) is 0 Å². The predicted octanol–water partition coefficient (Wildman–Crippen LogP) is 4.32. The molecule has 1 rings (SSSR count). The van der Waals surface area contributed by atoms with Crippen LogP contribution in [-0.2, 0) is 14.3 Å². The molecule has 1 aliphatic rings. The van der Waals surface area contributed by atoms with E-state index in [1.165, 1.54) is 58.9 Å². The van der Waals surface area contributed by atoms with E-state index in [1.807, 2.05) is 0 Å². The maximum absolute atomic E-state index is 11.7. The molecule has 2 atom stereocenters. The Morgan fingerprint density at radius 2 is 1.45 bits per heavy atom. The molecule has 3 nitrogen and oxygen atoms in total. The van der Waals surface area contributed by atoms with Gasteiger partial charge in [-0.3, -0.25) is 0 Å². The van der Waals surface area contributed by atoms with Gasteiger partial charge < -0.3 is 0 Å². The van der Waals surface area contributed by atoms with E-state index in [9.17, 15) is 4.79 Å². The van der Waals surface area contributed by atoms with Crippen molar-refractivity contribution in [3.8, 4) is 0 Å². The van der Waals surface area contributed by atoms with Crippen LogP contribution in [0, 0.1) is 0 Å². The van der Waals surface area contributed by atoms with Crippen LogP contribution in [0.2, 0.25) is 13.3 Å². The molecule has 1 saturated heterocycles. The molecular formula is C16H32O3Sn. The molecule has 0 saturated carbocycles. The minimum absolute atomic E-state index is 0.138. The molecule has 0 amide bonds. The van der Waals surface area contributed by atoms with Crippen LogP contribution < -0.4 is 0 Å². The van der Waals surface area contributed by atoms with Crippen LogP contribution in [-0.4, -0.2) is 41.7 Å². The van der Waals surface area contributed by atoms with Gasteiger partial charge in [0.25, 0.3) is 0 Å². The summed E-state index contributed by atoms with van der Waals surface area (Å²) in [6.07, 6.45) is 7.51. The van der Waals surface area contributed by atoms with E-state index in [-0.39, 0.29) is 12.1 Å². The van der Waals surface area contributed by atoms with E-state index < -0.39 is 18.4 Å². The molecule has 0 spiro atoms. The van der Waals surface area contributed by atoms with Crippen LogP contribution in [0.5, 0.6) is 0 Å². The minimum atomic E-state index is -2.35. The molecule has 0 aromatic carbocycles. The quantitative estimate of drug-likeness (QED) is 0.299. The number of hydrogen-bond donors (Lipinski definition) is 0. The van der Waals surface area contributed by atoms with Gasteiger partial charge in [0.2, 0.25) is 0 Å². The van der Waals surface area contributed by atoms with Crippen molar-refractivity contribution in [1.29, 1.82) is 0 Å². The molecule has 4 heteroatoms. The van der Waals surface area contributed by atoms with E-state index in [0.717, 1.165) is 0 Å². The van der Waals surface area contributed by atoms with Gasteiger partial charge in [0.1, 0.15) is 0 Å². The monoisotopic (exact) mass is 392 g/mol. The van der Waals surface area contributed by atoms with Gasteiger partial charge in [0, 0.05) is 0 Å². The second-order valence-corrected chi connectivity index (χ2v) is 19.9. The summed E-state index contributed by atoms with van der Waals surface area (Å²) in [6.45, 7) is 6.80. The molecule has 0 radical (unpaired) electrons. The van der Waals surface area contributed by atoms with Crippen LogP contribution in [0.4, 0.5) is 0 Å². The van der Waals surface area contributed by atoms with Crippen molar-refractivity contribution in [2.24, 2.45) is 0 Å². The van der Waals surface area contributed by atoms with Gasteiger partial charge in [-0.25, -0.2) is 0 Å². The Labute approximate surface area is 128 Å². The summed E-state index contributed by atoms with van der Waals surface area (Å²) in [5.74, 6) is -0.138. The van der Waals surface area contributed by atoms with Crippen LogP contribution in [0.15, 0.2) is 0 Å². The predicted molar refractivity (Wildman–Crippen MR) is 85.6 cm³/mol. The fourth-order valence-corrected chi connectivity index (χ4v) is 20.4. The molecule has 0 unspecified atom stereocenters. The first-order valence-corrected chi connectivity index (χ1v) is 16.1. The van der Waals surface area contributed by atoms with Gasteiger partial charge in [0.15, 0.2) is 0 Å². The van der Waals surface area contributed by atoms with Crippen LogP contribution in [0.1, 0.15) is 59.3 Å². The summed E-state index contributed by atoms with van der Waals surface area (Å²) in [7, 11) is 1.47. The Morgan fingerprint density at radius 1 is 1.00 bits per heavy atom. The number of methoxy groups -OCH3 is 1. The number of ether oxygens (including phenoxy) is 2. The summed E-state index contributed by atoms with van der Waals surface area (Å²) < 4.78 is 15.2. The van der Waals surface area contributed by atoms with Crippen molar-refractivity contribution in [2.45, 2.75) is 82.8 Å². The standard InChI is InChI=1S/C4H5O3.3C4H9.Sn/c1-6-4(5)3-2-7-3;3*1-3-4-2;/h2-3H,1H3;3*1,3-4H2,2H3;/t3-;;;;/m0..../s1. The molecular weight excluding hydrogens is 359 g/mol. The van der Waals surface area contributed by atoms with Crippen LogP contribution in [0.3, 0.4) is 0 Å². The normalized spacial score (nSPS) is 21.8. The number of carbonyl (C=O) groups is 1. The van der Waals surface area contributed by atoms with Crippen molar-refractivity contribution in [2.75, 3.05) is 7.11 Å². The summed E-state index contributed by atoms with van der Waals surface area (Å²) in [5, 5.41) is 0. The summed E-state index contributed by atoms with van der Waals surface area (Å²) in [4.78, 5) is 11.7. The van der Waals surface area contributed by atoms with Crippen LogP contribution in [0.25, 0.3) is 0 Å².